The Balaban J connectivity index is 2.08. The Hall–Kier alpha value is -3.06. The van der Waals surface area contributed by atoms with Crippen LogP contribution in [0, 0.1) is 11.3 Å². The van der Waals surface area contributed by atoms with E-state index in [1.54, 1.807) is 31.4 Å². The molecule has 0 spiro atoms. The molecule has 0 fully saturated rings. The molecule has 0 saturated carbocycles. The molecule has 0 bridgehead atoms. The number of methoxy groups -OCH3 is 1. The zero-order chi connectivity index (χ0) is 15.5. The van der Waals surface area contributed by atoms with Gasteiger partial charge in [0.2, 0.25) is 0 Å². The number of ether oxygens (including phenoxy) is 1. The Morgan fingerprint density at radius 1 is 1.23 bits per heavy atom. The summed E-state index contributed by atoms with van der Waals surface area (Å²) in [5.74, 6) is 0.522. The van der Waals surface area contributed by atoms with E-state index in [0.29, 0.717) is 17.0 Å². The van der Waals surface area contributed by atoms with Crippen LogP contribution < -0.4 is 9.64 Å². The number of hydrogen-bond acceptors (Lipinski definition) is 3. The molecule has 0 saturated heterocycles. The molecule has 2 aromatic carbocycles. The van der Waals surface area contributed by atoms with Crippen molar-refractivity contribution < 1.29 is 9.53 Å². The first-order valence-corrected chi connectivity index (χ1v) is 6.89. The minimum Gasteiger partial charge on any atom is -0.497 e. The number of carbonyl (C=O) groups is 1. The van der Waals surface area contributed by atoms with Gasteiger partial charge in [0.1, 0.15) is 11.8 Å². The van der Waals surface area contributed by atoms with Gasteiger partial charge in [0, 0.05) is 11.1 Å². The van der Waals surface area contributed by atoms with Crippen molar-refractivity contribution in [3.05, 3.63) is 65.7 Å². The lowest BCUT2D eigenvalue weighted by Gasteiger charge is -2.30. The van der Waals surface area contributed by atoms with Crippen LogP contribution in [0.1, 0.15) is 15.9 Å². The van der Waals surface area contributed by atoms with Gasteiger partial charge >= 0.3 is 0 Å². The molecule has 2 aromatic rings. The number of hydrogen-bond donors (Lipinski definition) is 0. The van der Waals surface area contributed by atoms with Gasteiger partial charge in [-0.3, -0.25) is 9.69 Å². The van der Waals surface area contributed by atoms with Gasteiger partial charge in [0.15, 0.2) is 0 Å². The minimum atomic E-state index is -0.617. The van der Waals surface area contributed by atoms with E-state index in [0.717, 1.165) is 5.56 Å². The van der Waals surface area contributed by atoms with Crippen LogP contribution >= 0.6 is 0 Å². The number of anilines is 1. The van der Waals surface area contributed by atoms with E-state index in [9.17, 15) is 10.1 Å². The molecule has 22 heavy (non-hydrogen) atoms. The smallest absolute Gasteiger partial charge is 0.259 e. The Morgan fingerprint density at radius 2 is 2.00 bits per heavy atom. The van der Waals surface area contributed by atoms with Crippen molar-refractivity contribution >= 4 is 17.7 Å². The van der Waals surface area contributed by atoms with Gasteiger partial charge in [-0.1, -0.05) is 24.3 Å². The third-order valence-electron chi connectivity index (χ3n) is 3.60. The summed E-state index contributed by atoms with van der Waals surface area (Å²) in [5, 5.41) is 9.36. The number of fused-ring (bicyclic) bond motifs is 1. The zero-order valence-corrected chi connectivity index (χ0v) is 12.1. The van der Waals surface area contributed by atoms with Crippen molar-refractivity contribution in [2.24, 2.45) is 0 Å². The fraction of sp³-hybridized carbons (Fsp3) is 0.111. The average molecular weight is 290 g/mol. The first-order chi connectivity index (χ1) is 10.7. The molecule has 1 aliphatic heterocycles. The summed E-state index contributed by atoms with van der Waals surface area (Å²) in [6.45, 7) is 0. The molecule has 108 valence electrons. The Kier molecular flexibility index (Phi) is 3.63. The maximum Gasteiger partial charge on any atom is 0.259 e. The van der Waals surface area contributed by atoms with Crippen LogP contribution in [0.25, 0.3) is 6.08 Å². The average Bonchev–Trinajstić information content (AvgIpc) is 2.60. The molecule has 4 nitrogen and oxygen atoms in total. The topological polar surface area (TPSA) is 53.3 Å². The van der Waals surface area contributed by atoms with E-state index in [1.165, 1.54) is 4.90 Å². The minimum absolute atomic E-state index is 0.192. The van der Waals surface area contributed by atoms with Crippen LogP contribution in [-0.4, -0.2) is 19.1 Å². The molecular weight excluding hydrogens is 276 g/mol. The molecule has 0 N–H and O–H groups in total. The summed E-state index contributed by atoms with van der Waals surface area (Å²) in [7, 11) is 1.60. The summed E-state index contributed by atoms with van der Waals surface area (Å²) in [5.41, 5.74) is 2.12. The molecule has 1 atom stereocenters. The second-order valence-corrected chi connectivity index (χ2v) is 4.90. The van der Waals surface area contributed by atoms with E-state index < -0.39 is 6.04 Å². The monoisotopic (exact) mass is 290 g/mol. The van der Waals surface area contributed by atoms with Crippen molar-refractivity contribution in [3.63, 3.8) is 0 Å². The maximum absolute atomic E-state index is 12.8. The molecule has 1 heterocycles. The van der Waals surface area contributed by atoms with Crippen molar-refractivity contribution in [1.82, 2.24) is 0 Å². The van der Waals surface area contributed by atoms with Gasteiger partial charge in [0.25, 0.3) is 5.91 Å². The van der Waals surface area contributed by atoms with Crippen LogP contribution in [0.4, 0.5) is 5.69 Å². The van der Waals surface area contributed by atoms with Crippen molar-refractivity contribution in [2.45, 2.75) is 6.04 Å². The predicted octanol–water partition coefficient (Wildman–Crippen LogP) is 3.26. The summed E-state index contributed by atoms with van der Waals surface area (Å²) in [6, 6.07) is 16.0. The highest BCUT2D eigenvalue weighted by Crippen LogP contribution is 2.33. The summed E-state index contributed by atoms with van der Waals surface area (Å²) in [6.07, 6.45) is 3.57. The number of carbonyl (C=O) groups excluding carboxylic acids is 1. The van der Waals surface area contributed by atoms with Crippen molar-refractivity contribution in [2.75, 3.05) is 12.0 Å². The highest BCUT2D eigenvalue weighted by molar-refractivity contribution is 6.09. The van der Waals surface area contributed by atoms with Crippen LogP contribution in [0.5, 0.6) is 5.75 Å². The largest absolute Gasteiger partial charge is 0.497 e. The van der Waals surface area contributed by atoms with Crippen LogP contribution in [-0.2, 0) is 0 Å². The van der Waals surface area contributed by atoms with Crippen molar-refractivity contribution in [1.29, 1.82) is 5.26 Å². The fourth-order valence-electron chi connectivity index (χ4n) is 2.50. The second kappa shape index (κ2) is 5.74. The molecule has 3 rings (SSSR count). The second-order valence-electron chi connectivity index (χ2n) is 4.90. The number of nitrogens with zero attached hydrogens (tertiary/aromatic N) is 2. The maximum atomic E-state index is 12.8. The predicted molar refractivity (Wildman–Crippen MR) is 84.7 cm³/mol. The summed E-state index contributed by atoms with van der Waals surface area (Å²) >= 11 is 0. The van der Waals surface area contributed by atoms with Gasteiger partial charge in [-0.25, -0.2) is 0 Å². The van der Waals surface area contributed by atoms with Gasteiger partial charge in [-0.05, 0) is 36.4 Å². The molecular formula is C18H14N2O2. The van der Waals surface area contributed by atoms with Crippen LogP contribution in [0.15, 0.2) is 54.6 Å². The molecule has 1 amide bonds. The third-order valence-corrected chi connectivity index (χ3v) is 3.60. The number of benzene rings is 2. The first-order valence-electron chi connectivity index (χ1n) is 6.89. The lowest BCUT2D eigenvalue weighted by atomic mass is 10.0. The number of nitriles is 1. The lowest BCUT2D eigenvalue weighted by Crippen LogP contribution is -2.40. The zero-order valence-electron chi connectivity index (χ0n) is 12.1. The van der Waals surface area contributed by atoms with E-state index >= 15 is 0 Å². The Bertz CT molecular complexity index is 775. The molecule has 0 aromatic heterocycles. The van der Waals surface area contributed by atoms with E-state index in [-0.39, 0.29) is 5.91 Å². The SMILES string of the molecule is COc1ccc2c(c1)C=C[C@@H](C#N)N2C(=O)c1ccccc1. The fourth-order valence-corrected chi connectivity index (χ4v) is 2.50. The van der Waals surface area contributed by atoms with Gasteiger partial charge in [0.05, 0.1) is 18.9 Å². The lowest BCUT2D eigenvalue weighted by molar-refractivity contribution is 0.0985. The van der Waals surface area contributed by atoms with Crippen LogP contribution in [0.3, 0.4) is 0 Å². The Morgan fingerprint density at radius 3 is 2.68 bits per heavy atom. The summed E-state index contributed by atoms with van der Waals surface area (Å²) in [4.78, 5) is 14.3. The highest BCUT2D eigenvalue weighted by atomic mass is 16.5. The van der Waals surface area contributed by atoms with E-state index in [1.807, 2.05) is 36.4 Å². The van der Waals surface area contributed by atoms with Crippen molar-refractivity contribution in [3.8, 4) is 11.8 Å². The number of rotatable bonds is 2. The highest BCUT2D eigenvalue weighted by Gasteiger charge is 2.29. The summed E-state index contributed by atoms with van der Waals surface area (Å²) < 4.78 is 5.21. The molecule has 0 unspecified atom stereocenters. The molecule has 1 aliphatic rings. The molecule has 0 aliphatic carbocycles. The van der Waals surface area contributed by atoms with Gasteiger partial charge in [-0.2, -0.15) is 5.26 Å². The van der Waals surface area contributed by atoms with E-state index in [4.69, 9.17) is 4.74 Å². The van der Waals surface area contributed by atoms with E-state index in [2.05, 4.69) is 6.07 Å². The Labute approximate surface area is 128 Å². The van der Waals surface area contributed by atoms with Gasteiger partial charge < -0.3 is 4.74 Å². The standard InChI is InChI=1S/C18H14N2O2/c1-22-16-9-10-17-14(11-16)7-8-15(12-19)20(17)18(21)13-5-3-2-4-6-13/h2-11,15H,1H3/t15-/m0/s1. The van der Waals surface area contributed by atoms with Crippen LogP contribution in [0.2, 0.25) is 0 Å². The number of amides is 1. The molecule has 4 heteroatoms. The molecule has 0 radical (unpaired) electrons. The first kappa shape index (κ1) is 13.9. The quantitative estimate of drug-likeness (QED) is 0.853. The van der Waals surface area contributed by atoms with Gasteiger partial charge in [-0.15, -0.1) is 0 Å². The normalized spacial score (nSPS) is 15.8. The third kappa shape index (κ3) is 2.33.